The topological polar surface area (TPSA) is 43.7 Å². The molecule has 248 valence electrons. The van der Waals surface area contributed by atoms with Gasteiger partial charge in [0.05, 0.1) is 0 Å². The maximum atomic E-state index is 11.0. The van der Waals surface area contributed by atoms with Crippen LogP contribution in [0.4, 0.5) is 0 Å². The molecule has 47 heavy (non-hydrogen) atoms. The highest BCUT2D eigenvalue weighted by molar-refractivity contribution is 5.83. The van der Waals surface area contributed by atoms with Gasteiger partial charge >= 0.3 is 0 Å². The molecule has 0 atom stereocenters. The Morgan fingerprint density at radius 1 is 0.574 bits per heavy atom. The molecule has 3 heteroatoms. The zero-order valence-corrected chi connectivity index (χ0v) is 29.4. The lowest BCUT2D eigenvalue weighted by atomic mass is 9.98. The highest BCUT2D eigenvalue weighted by Gasteiger charge is 2.14. The number of aromatic hydroxyl groups is 2. The lowest BCUT2D eigenvalue weighted by molar-refractivity contribution is 0.249. The van der Waals surface area contributed by atoms with E-state index in [4.69, 9.17) is 0 Å². The number of phenolic OH excluding ortho intramolecular Hbond substituents is 2. The molecule has 0 saturated heterocycles. The molecule has 0 unspecified atom stereocenters. The van der Waals surface area contributed by atoms with Crippen LogP contribution in [0.1, 0.15) is 117 Å². The molecule has 0 heterocycles. The first-order valence-corrected chi connectivity index (χ1v) is 17.6. The highest BCUT2D eigenvalue weighted by atomic mass is 16.3. The zero-order chi connectivity index (χ0) is 33.6. The van der Waals surface area contributed by atoms with Crippen molar-refractivity contribution in [1.82, 2.24) is 4.90 Å². The highest BCUT2D eigenvalue weighted by Crippen LogP contribution is 2.31. The van der Waals surface area contributed by atoms with E-state index in [1.54, 1.807) is 0 Å². The van der Waals surface area contributed by atoms with E-state index in [1.807, 2.05) is 50.2 Å². The standard InChI is InChI=1S/C44H55NO2/c1-6-7-8-9-10-11-12-19-24-45(31-37-25-35(4)43(46)41(29-37)27-33(2)39-20-15-13-16-21-39)32-38-26-36(5)44(47)42(30-38)28-34(3)40-22-17-14-18-23-40/h13-18,20-23,25-30,46-47H,6-12,19,24,31-32H2,1-5H3. The first kappa shape index (κ1) is 35.8. The number of aryl methyl sites for hydroxylation is 2. The fourth-order valence-corrected chi connectivity index (χ4v) is 6.41. The molecule has 0 radical (unpaired) electrons. The lowest BCUT2D eigenvalue weighted by Gasteiger charge is -2.24. The Bertz CT molecular complexity index is 1510. The van der Waals surface area contributed by atoms with Crippen molar-refractivity contribution in [2.24, 2.45) is 0 Å². The molecule has 0 aliphatic heterocycles. The minimum atomic E-state index is 0.345. The van der Waals surface area contributed by atoms with E-state index in [0.717, 1.165) is 70.6 Å². The number of phenols is 2. The quantitative estimate of drug-likeness (QED) is 0.0902. The molecule has 4 aromatic rings. The Kier molecular flexibility index (Phi) is 13.9. The maximum absolute atomic E-state index is 11.0. The fourth-order valence-electron chi connectivity index (χ4n) is 6.41. The largest absolute Gasteiger partial charge is 0.507 e. The molecular formula is C44H55NO2. The van der Waals surface area contributed by atoms with Crippen LogP contribution in [0.3, 0.4) is 0 Å². The molecule has 0 aliphatic rings. The summed E-state index contributed by atoms with van der Waals surface area (Å²) in [5.74, 6) is 0.691. The number of allylic oxidation sites excluding steroid dienone is 2. The van der Waals surface area contributed by atoms with Crippen molar-refractivity contribution >= 4 is 23.3 Å². The molecular weight excluding hydrogens is 574 g/mol. The average molecular weight is 630 g/mol. The van der Waals surface area contributed by atoms with Crippen molar-refractivity contribution in [3.05, 3.63) is 129 Å². The van der Waals surface area contributed by atoms with Gasteiger partial charge in [-0.25, -0.2) is 0 Å². The van der Waals surface area contributed by atoms with Crippen LogP contribution in [0.15, 0.2) is 84.9 Å². The van der Waals surface area contributed by atoms with Gasteiger partial charge in [-0.1, -0.05) is 125 Å². The number of benzene rings is 4. The first-order valence-electron chi connectivity index (χ1n) is 17.6. The van der Waals surface area contributed by atoms with E-state index in [2.05, 4.69) is 86.4 Å². The van der Waals surface area contributed by atoms with Gasteiger partial charge in [0.1, 0.15) is 11.5 Å². The second-order valence-electron chi connectivity index (χ2n) is 13.3. The third-order valence-corrected chi connectivity index (χ3v) is 9.12. The van der Waals surface area contributed by atoms with Crippen LogP contribution in [0, 0.1) is 13.8 Å². The molecule has 4 rings (SSSR count). The zero-order valence-electron chi connectivity index (χ0n) is 29.4. The van der Waals surface area contributed by atoms with E-state index in [9.17, 15) is 10.2 Å². The van der Waals surface area contributed by atoms with Crippen LogP contribution in [0.2, 0.25) is 0 Å². The normalized spacial score (nSPS) is 12.2. The van der Waals surface area contributed by atoms with Gasteiger partial charge in [-0.3, -0.25) is 4.90 Å². The van der Waals surface area contributed by atoms with Crippen molar-refractivity contribution in [3.63, 3.8) is 0 Å². The van der Waals surface area contributed by atoms with E-state index in [0.29, 0.717) is 11.5 Å². The monoisotopic (exact) mass is 629 g/mol. The van der Waals surface area contributed by atoms with Crippen LogP contribution in [-0.4, -0.2) is 21.7 Å². The van der Waals surface area contributed by atoms with Gasteiger partial charge < -0.3 is 10.2 Å². The minimum Gasteiger partial charge on any atom is -0.507 e. The van der Waals surface area contributed by atoms with E-state index < -0.39 is 0 Å². The average Bonchev–Trinajstić information content (AvgIpc) is 3.07. The Morgan fingerprint density at radius 2 is 0.979 bits per heavy atom. The molecule has 0 aromatic heterocycles. The Hall–Kier alpha value is -4.08. The molecule has 0 aliphatic carbocycles. The lowest BCUT2D eigenvalue weighted by Crippen LogP contribution is -2.24. The van der Waals surface area contributed by atoms with E-state index in [1.165, 1.54) is 56.1 Å². The van der Waals surface area contributed by atoms with Crippen molar-refractivity contribution in [3.8, 4) is 11.5 Å². The van der Waals surface area contributed by atoms with Gasteiger partial charge in [-0.15, -0.1) is 0 Å². The summed E-state index contributed by atoms with van der Waals surface area (Å²) >= 11 is 0. The summed E-state index contributed by atoms with van der Waals surface area (Å²) < 4.78 is 0. The van der Waals surface area contributed by atoms with Gasteiger partial charge in [-0.2, -0.15) is 0 Å². The van der Waals surface area contributed by atoms with E-state index in [-0.39, 0.29) is 0 Å². The molecule has 0 bridgehead atoms. The molecule has 4 aromatic carbocycles. The van der Waals surface area contributed by atoms with Gasteiger partial charge in [0, 0.05) is 24.2 Å². The van der Waals surface area contributed by atoms with Crippen molar-refractivity contribution < 1.29 is 10.2 Å². The first-order chi connectivity index (χ1) is 22.7. The molecule has 0 saturated carbocycles. The number of hydrogen-bond acceptors (Lipinski definition) is 3. The van der Waals surface area contributed by atoms with Crippen LogP contribution < -0.4 is 0 Å². The summed E-state index contributed by atoms with van der Waals surface area (Å²) in [7, 11) is 0. The Balaban J connectivity index is 1.57. The summed E-state index contributed by atoms with van der Waals surface area (Å²) in [6.45, 7) is 13.0. The molecule has 0 amide bonds. The molecule has 2 N–H and O–H groups in total. The van der Waals surface area contributed by atoms with Gasteiger partial charge in [0.2, 0.25) is 0 Å². The number of hydrogen-bond donors (Lipinski definition) is 2. The second-order valence-corrected chi connectivity index (χ2v) is 13.3. The number of nitrogens with zero attached hydrogens (tertiary/aromatic N) is 1. The Labute approximate surface area is 284 Å². The van der Waals surface area contributed by atoms with Crippen LogP contribution in [-0.2, 0) is 13.1 Å². The summed E-state index contributed by atoms with van der Waals surface area (Å²) in [5.41, 5.74) is 10.5. The minimum absolute atomic E-state index is 0.345. The smallest absolute Gasteiger partial charge is 0.125 e. The second kappa shape index (κ2) is 18.3. The van der Waals surface area contributed by atoms with Gasteiger partial charge in [0.25, 0.3) is 0 Å². The summed E-state index contributed by atoms with van der Waals surface area (Å²) in [6.07, 6.45) is 14.5. The number of unbranched alkanes of at least 4 members (excludes halogenated alkanes) is 7. The van der Waals surface area contributed by atoms with E-state index >= 15 is 0 Å². The van der Waals surface area contributed by atoms with Gasteiger partial charge in [-0.05, 0) is 109 Å². The maximum Gasteiger partial charge on any atom is 0.125 e. The summed E-state index contributed by atoms with van der Waals surface area (Å²) in [5, 5.41) is 22.0. The predicted molar refractivity (Wildman–Crippen MR) is 202 cm³/mol. The molecule has 0 spiro atoms. The molecule has 0 fully saturated rings. The van der Waals surface area contributed by atoms with Crippen LogP contribution in [0.5, 0.6) is 11.5 Å². The fraction of sp³-hybridized carbons (Fsp3) is 0.364. The summed E-state index contributed by atoms with van der Waals surface area (Å²) in [4.78, 5) is 2.53. The van der Waals surface area contributed by atoms with Crippen LogP contribution in [0.25, 0.3) is 23.3 Å². The Morgan fingerprint density at radius 3 is 1.40 bits per heavy atom. The van der Waals surface area contributed by atoms with Crippen molar-refractivity contribution in [2.45, 2.75) is 99.1 Å². The van der Waals surface area contributed by atoms with Crippen molar-refractivity contribution in [1.29, 1.82) is 0 Å². The predicted octanol–water partition coefficient (Wildman–Crippen LogP) is 12.0. The van der Waals surface area contributed by atoms with Crippen LogP contribution >= 0.6 is 0 Å². The third kappa shape index (κ3) is 11.0. The number of rotatable bonds is 17. The molecule has 3 nitrogen and oxygen atoms in total. The third-order valence-electron chi connectivity index (χ3n) is 9.12. The van der Waals surface area contributed by atoms with Crippen molar-refractivity contribution in [2.75, 3.05) is 6.54 Å². The summed E-state index contributed by atoms with van der Waals surface area (Å²) in [6, 6.07) is 29.2. The van der Waals surface area contributed by atoms with Gasteiger partial charge in [0.15, 0.2) is 0 Å². The SMILES string of the molecule is CCCCCCCCCCN(Cc1cc(C)c(O)c(C=C(C)c2ccccc2)c1)Cc1cc(C)c(O)c(C=C(C)c2ccccc2)c1.